The molecule has 1 N–H and O–H groups in total. The fourth-order valence-electron chi connectivity index (χ4n) is 2.21. The molecule has 1 saturated heterocycles. The number of carbonyl (C=O) groups excluding carboxylic acids is 2. The Morgan fingerprint density at radius 3 is 2.58 bits per heavy atom. The number of rotatable bonds is 3. The summed E-state index contributed by atoms with van der Waals surface area (Å²) in [5.74, 6) is -2.78. The Morgan fingerprint density at radius 2 is 1.96 bits per heavy atom. The van der Waals surface area contributed by atoms with E-state index in [1.807, 2.05) is 0 Å². The lowest BCUT2D eigenvalue weighted by Gasteiger charge is -2.29. The molecule has 0 bridgehead atoms. The van der Waals surface area contributed by atoms with Crippen LogP contribution in [0.2, 0.25) is 5.02 Å². The minimum Gasteiger partial charge on any atom is -0.419 e. The first-order valence-corrected chi connectivity index (χ1v) is 7.45. The van der Waals surface area contributed by atoms with E-state index in [9.17, 15) is 9.59 Å². The van der Waals surface area contributed by atoms with Gasteiger partial charge in [-0.1, -0.05) is 17.7 Å². The van der Waals surface area contributed by atoms with Gasteiger partial charge in [0.15, 0.2) is 5.57 Å². The molecule has 2 aromatic rings. The van der Waals surface area contributed by atoms with E-state index < -0.39 is 17.7 Å². The fraction of sp³-hybridized carbons (Fsp3) is 0.188. The van der Waals surface area contributed by atoms with Crippen LogP contribution in [0.4, 0.5) is 5.69 Å². The second-order valence-corrected chi connectivity index (χ2v) is 5.89. The average Bonchev–Trinajstić information content (AvgIpc) is 2.99. The van der Waals surface area contributed by atoms with Gasteiger partial charge in [-0.15, -0.1) is 0 Å². The third kappa shape index (κ3) is 3.11. The Kier molecular flexibility index (Phi) is 4.02. The highest BCUT2D eigenvalue weighted by Crippen LogP contribution is 2.29. The van der Waals surface area contributed by atoms with Crippen LogP contribution in [0.1, 0.15) is 13.8 Å². The van der Waals surface area contributed by atoms with Gasteiger partial charge in [-0.2, -0.15) is 0 Å². The zero-order valence-corrected chi connectivity index (χ0v) is 13.7. The highest BCUT2D eigenvalue weighted by atomic mass is 35.5. The lowest BCUT2D eigenvalue weighted by molar-refractivity contribution is -0.222. The molecule has 1 aliphatic rings. The maximum atomic E-state index is 11.9. The molecule has 24 heavy (non-hydrogen) atoms. The Balaban J connectivity index is 1.92. The van der Waals surface area contributed by atoms with Crippen molar-refractivity contribution < 1.29 is 19.1 Å². The topological polar surface area (TPSA) is 82.5 Å². The summed E-state index contributed by atoms with van der Waals surface area (Å²) in [6, 6.07) is 5.22. The summed E-state index contributed by atoms with van der Waals surface area (Å²) in [7, 11) is 0. The van der Waals surface area contributed by atoms with Gasteiger partial charge in [-0.05, 0) is 12.1 Å². The summed E-state index contributed by atoms with van der Waals surface area (Å²) in [6.45, 7) is 2.97. The van der Waals surface area contributed by atoms with E-state index in [0.29, 0.717) is 16.4 Å². The number of nitrogens with one attached hydrogen (secondary N) is 1. The summed E-state index contributed by atoms with van der Waals surface area (Å²) in [4.78, 5) is 27.9. The highest BCUT2D eigenvalue weighted by Gasteiger charge is 2.38. The van der Waals surface area contributed by atoms with Crippen LogP contribution in [0, 0.1) is 0 Å². The number of aromatic nitrogens is 2. The molecule has 0 atom stereocenters. The molecule has 7 nitrogen and oxygen atoms in total. The lowest BCUT2D eigenvalue weighted by atomic mass is 10.2. The van der Waals surface area contributed by atoms with Gasteiger partial charge in [0.1, 0.15) is 0 Å². The van der Waals surface area contributed by atoms with Crippen LogP contribution in [0.15, 0.2) is 48.7 Å². The number of nitrogens with zero attached hydrogens (tertiary/aromatic N) is 2. The number of carbonyl (C=O) groups is 2. The lowest BCUT2D eigenvalue weighted by Crippen LogP contribution is -2.42. The number of anilines is 1. The molecule has 0 unspecified atom stereocenters. The van der Waals surface area contributed by atoms with Gasteiger partial charge >= 0.3 is 11.9 Å². The predicted octanol–water partition coefficient (Wildman–Crippen LogP) is 2.66. The summed E-state index contributed by atoms with van der Waals surface area (Å²) in [5, 5.41) is 3.38. The van der Waals surface area contributed by atoms with E-state index in [0.717, 1.165) is 0 Å². The van der Waals surface area contributed by atoms with Gasteiger partial charge in [0, 0.05) is 32.4 Å². The van der Waals surface area contributed by atoms with Gasteiger partial charge in [-0.3, -0.25) is 0 Å². The molecule has 1 aromatic carbocycles. The minimum atomic E-state index is -1.27. The van der Waals surface area contributed by atoms with Crippen molar-refractivity contribution in [3.63, 3.8) is 0 Å². The summed E-state index contributed by atoms with van der Waals surface area (Å²) < 4.78 is 11.8. The molecule has 124 valence electrons. The molecule has 1 fully saturated rings. The minimum absolute atomic E-state index is 0.231. The largest absolute Gasteiger partial charge is 0.419 e. The van der Waals surface area contributed by atoms with E-state index in [-0.39, 0.29) is 5.57 Å². The molecule has 0 radical (unpaired) electrons. The van der Waals surface area contributed by atoms with Gasteiger partial charge < -0.3 is 19.4 Å². The van der Waals surface area contributed by atoms with Crippen LogP contribution in [0.25, 0.3) is 5.69 Å². The van der Waals surface area contributed by atoms with Crippen molar-refractivity contribution in [3.05, 3.63) is 53.7 Å². The number of esters is 2. The van der Waals surface area contributed by atoms with E-state index in [1.54, 1.807) is 41.5 Å². The molecular formula is C16H14ClN3O4. The maximum Gasteiger partial charge on any atom is 0.350 e. The quantitative estimate of drug-likeness (QED) is 0.522. The van der Waals surface area contributed by atoms with E-state index in [4.69, 9.17) is 21.1 Å². The first kappa shape index (κ1) is 16.1. The van der Waals surface area contributed by atoms with Crippen LogP contribution in [0.5, 0.6) is 0 Å². The van der Waals surface area contributed by atoms with Crippen LogP contribution >= 0.6 is 11.6 Å². The molecule has 2 heterocycles. The third-order valence-corrected chi connectivity index (χ3v) is 3.54. The normalized spacial score (nSPS) is 16.4. The van der Waals surface area contributed by atoms with Crippen molar-refractivity contribution in [1.82, 2.24) is 9.55 Å². The molecule has 3 rings (SSSR count). The van der Waals surface area contributed by atoms with Crippen molar-refractivity contribution in [2.45, 2.75) is 19.6 Å². The molecule has 0 amide bonds. The molecule has 0 spiro atoms. The van der Waals surface area contributed by atoms with Crippen LogP contribution in [-0.4, -0.2) is 27.3 Å². The van der Waals surface area contributed by atoms with Gasteiger partial charge in [0.05, 0.1) is 22.7 Å². The maximum absolute atomic E-state index is 11.9. The SMILES string of the molecule is CC1(C)OC(=O)C(=CNc2cccc(Cl)c2-n2ccnc2)C(=O)O1. The molecular weight excluding hydrogens is 334 g/mol. The Hall–Kier alpha value is -2.80. The van der Waals surface area contributed by atoms with Crippen molar-refractivity contribution in [2.24, 2.45) is 0 Å². The highest BCUT2D eigenvalue weighted by molar-refractivity contribution is 6.33. The monoisotopic (exact) mass is 347 g/mol. The standard InChI is InChI=1S/C16H14ClN3O4/c1-16(2)23-14(21)10(15(22)24-16)8-19-12-5-3-4-11(17)13(12)20-7-6-18-9-20/h3-9,19H,1-2H3. The van der Waals surface area contributed by atoms with E-state index in [1.165, 1.54) is 20.0 Å². The smallest absolute Gasteiger partial charge is 0.350 e. The third-order valence-electron chi connectivity index (χ3n) is 3.24. The molecule has 0 saturated carbocycles. The zero-order valence-electron chi connectivity index (χ0n) is 12.9. The second-order valence-electron chi connectivity index (χ2n) is 5.49. The van der Waals surface area contributed by atoms with Gasteiger partial charge in [0.2, 0.25) is 0 Å². The Labute approximate surface area is 142 Å². The van der Waals surface area contributed by atoms with E-state index in [2.05, 4.69) is 10.3 Å². The molecule has 1 aliphatic heterocycles. The first-order chi connectivity index (χ1) is 11.4. The van der Waals surface area contributed by atoms with Crippen LogP contribution in [0.3, 0.4) is 0 Å². The molecule has 0 aliphatic carbocycles. The van der Waals surface area contributed by atoms with Gasteiger partial charge in [-0.25, -0.2) is 14.6 Å². The van der Waals surface area contributed by atoms with E-state index >= 15 is 0 Å². The number of benzene rings is 1. The second kappa shape index (κ2) is 6.01. The average molecular weight is 348 g/mol. The van der Waals surface area contributed by atoms with Gasteiger partial charge in [0.25, 0.3) is 5.79 Å². The number of ether oxygens (including phenoxy) is 2. The number of para-hydroxylation sites is 1. The summed E-state index contributed by atoms with van der Waals surface area (Å²) in [5.41, 5.74) is 0.982. The number of hydrogen-bond donors (Lipinski definition) is 1. The number of halogens is 1. The van der Waals surface area contributed by atoms with Crippen molar-refractivity contribution in [1.29, 1.82) is 0 Å². The molecule has 8 heteroatoms. The Morgan fingerprint density at radius 1 is 1.25 bits per heavy atom. The number of imidazole rings is 1. The summed E-state index contributed by atoms with van der Waals surface area (Å²) in [6.07, 6.45) is 6.17. The fourth-order valence-corrected chi connectivity index (χ4v) is 2.49. The van der Waals surface area contributed by atoms with Crippen LogP contribution < -0.4 is 5.32 Å². The number of hydrogen-bond acceptors (Lipinski definition) is 6. The number of cyclic esters (lactones) is 2. The zero-order chi connectivity index (χ0) is 17.3. The van der Waals surface area contributed by atoms with Crippen molar-refractivity contribution in [3.8, 4) is 5.69 Å². The molecule has 1 aromatic heterocycles. The van der Waals surface area contributed by atoms with Crippen molar-refractivity contribution in [2.75, 3.05) is 5.32 Å². The summed E-state index contributed by atoms with van der Waals surface area (Å²) >= 11 is 6.24. The predicted molar refractivity (Wildman–Crippen MR) is 86.5 cm³/mol. The first-order valence-electron chi connectivity index (χ1n) is 7.07. The van der Waals surface area contributed by atoms with Crippen molar-refractivity contribution >= 4 is 29.2 Å². The Bertz CT molecular complexity index is 806. The van der Waals surface area contributed by atoms with Crippen LogP contribution in [-0.2, 0) is 19.1 Å².